The van der Waals surface area contributed by atoms with Crippen LogP contribution in [0.4, 0.5) is 0 Å². The number of aliphatic carboxylic acids is 1. The lowest BCUT2D eigenvalue weighted by Crippen LogP contribution is -2.43. The molecule has 1 saturated heterocycles. The number of ether oxygens (including phenoxy) is 1. The molecule has 36 heavy (non-hydrogen) atoms. The van der Waals surface area contributed by atoms with Crippen molar-refractivity contribution in [2.24, 2.45) is 0 Å². The third-order valence-electron chi connectivity index (χ3n) is 6.37. The van der Waals surface area contributed by atoms with Crippen LogP contribution in [0.25, 0.3) is 17.0 Å². The van der Waals surface area contributed by atoms with Gasteiger partial charge in [-0.05, 0) is 55.8 Å². The summed E-state index contributed by atoms with van der Waals surface area (Å²) in [5.74, 6) is 5.79. The molecule has 1 fully saturated rings. The van der Waals surface area contributed by atoms with Gasteiger partial charge in [-0.2, -0.15) is 0 Å². The van der Waals surface area contributed by atoms with Gasteiger partial charge in [0.05, 0.1) is 25.3 Å². The first-order chi connectivity index (χ1) is 17.5. The molecule has 186 valence electrons. The first-order valence-corrected chi connectivity index (χ1v) is 12.1. The highest BCUT2D eigenvalue weighted by Crippen LogP contribution is 2.29. The number of β-amino-alcohol motifs (C(OH)–C–C–N with tert-alkyl or cyclic N) is 1. The Labute approximate surface area is 211 Å². The molecule has 0 saturated carbocycles. The molecule has 1 aliphatic rings. The highest BCUT2D eigenvalue weighted by atomic mass is 16.5. The number of pyridine rings is 1. The van der Waals surface area contributed by atoms with Gasteiger partial charge in [0.15, 0.2) is 0 Å². The summed E-state index contributed by atoms with van der Waals surface area (Å²) in [6.45, 7) is 2.92. The molecule has 0 radical (unpaired) electrons. The number of likely N-dealkylation sites (tertiary alicyclic amines) is 1. The molecule has 0 bridgehead atoms. The van der Waals surface area contributed by atoms with Gasteiger partial charge in [0, 0.05) is 41.2 Å². The number of carbonyl (C=O) groups is 1. The number of hydrogen-bond donors (Lipinski definition) is 3. The van der Waals surface area contributed by atoms with Crippen LogP contribution in [0.1, 0.15) is 35.6 Å². The molecule has 1 atom stereocenters. The standard InChI is InChI=1S/C29H31N3O4/c1-36-27-13-12-24-22(10-14-28(34)35)9-11-25(29(24)31-27)26(33)20-32-18-15-23(16-19-32)30-17-5-8-21-6-3-2-4-7-21/h2-4,6-7,9-14,23,26,30,33H,15-20H2,1H3,(H,34,35)/b14-10+. The summed E-state index contributed by atoms with van der Waals surface area (Å²) >= 11 is 0. The van der Waals surface area contributed by atoms with Crippen LogP contribution in [-0.4, -0.2) is 65.4 Å². The Bertz CT molecular complexity index is 1270. The van der Waals surface area contributed by atoms with E-state index >= 15 is 0 Å². The van der Waals surface area contributed by atoms with E-state index in [0.717, 1.165) is 48.5 Å². The van der Waals surface area contributed by atoms with Gasteiger partial charge in [-0.25, -0.2) is 9.78 Å². The van der Waals surface area contributed by atoms with Gasteiger partial charge in [0.2, 0.25) is 5.88 Å². The highest BCUT2D eigenvalue weighted by molar-refractivity contribution is 5.94. The van der Waals surface area contributed by atoms with E-state index in [-0.39, 0.29) is 0 Å². The van der Waals surface area contributed by atoms with E-state index in [2.05, 4.69) is 27.0 Å². The smallest absolute Gasteiger partial charge is 0.328 e. The molecule has 0 aliphatic carbocycles. The number of carboxylic acid groups (broad SMARTS) is 1. The van der Waals surface area contributed by atoms with Gasteiger partial charge >= 0.3 is 5.97 Å². The predicted molar refractivity (Wildman–Crippen MR) is 141 cm³/mol. The summed E-state index contributed by atoms with van der Waals surface area (Å²) in [4.78, 5) is 17.8. The minimum absolute atomic E-state index is 0.413. The van der Waals surface area contributed by atoms with Crippen LogP contribution >= 0.6 is 0 Å². The summed E-state index contributed by atoms with van der Waals surface area (Å²) in [6, 6.07) is 17.6. The Balaban J connectivity index is 1.37. The fourth-order valence-electron chi connectivity index (χ4n) is 4.46. The van der Waals surface area contributed by atoms with Crippen LogP contribution < -0.4 is 10.1 Å². The zero-order valence-electron chi connectivity index (χ0n) is 20.4. The Kier molecular flexibility index (Phi) is 8.69. The molecule has 1 aliphatic heterocycles. The molecule has 0 amide bonds. The van der Waals surface area contributed by atoms with Crippen molar-refractivity contribution in [1.29, 1.82) is 0 Å². The van der Waals surface area contributed by atoms with Crippen molar-refractivity contribution >= 4 is 22.9 Å². The summed E-state index contributed by atoms with van der Waals surface area (Å²) < 4.78 is 5.29. The van der Waals surface area contributed by atoms with Crippen LogP contribution in [0.15, 0.2) is 60.7 Å². The van der Waals surface area contributed by atoms with Crippen molar-refractivity contribution in [3.05, 3.63) is 77.4 Å². The molecule has 7 heteroatoms. The SMILES string of the molecule is COc1ccc2c(/C=C/C(=O)O)ccc(C(O)CN3CCC(NCC#Cc4ccccc4)CC3)c2n1. The largest absolute Gasteiger partial charge is 0.481 e. The maximum absolute atomic E-state index is 11.1. The maximum Gasteiger partial charge on any atom is 0.328 e. The van der Waals surface area contributed by atoms with E-state index in [9.17, 15) is 9.90 Å². The Morgan fingerprint density at radius 2 is 1.97 bits per heavy atom. The molecule has 1 aromatic heterocycles. The minimum atomic E-state index is -1.02. The van der Waals surface area contributed by atoms with Gasteiger partial charge in [0.1, 0.15) is 0 Å². The molecule has 7 nitrogen and oxygen atoms in total. The van der Waals surface area contributed by atoms with Crippen LogP contribution in [-0.2, 0) is 4.79 Å². The molecular formula is C29H31N3O4. The Morgan fingerprint density at radius 1 is 1.19 bits per heavy atom. The highest BCUT2D eigenvalue weighted by Gasteiger charge is 2.23. The van der Waals surface area contributed by atoms with Crippen molar-refractivity contribution in [1.82, 2.24) is 15.2 Å². The number of methoxy groups -OCH3 is 1. The third-order valence-corrected chi connectivity index (χ3v) is 6.37. The first-order valence-electron chi connectivity index (χ1n) is 12.1. The van der Waals surface area contributed by atoms with Crippen molar-refractivity contribution in [2.45, 2.75) is 25.0 Å². The molecule has 0 spiro atoms. The number of aliphatic hydroxyl groups excluding tert-OH is 1. The van der Waals surface area contributed by atoms with Gasteiger partial charge < -0.3 is 25.2 Å². The average Bonchev–Trinajstić information content (AvgIpc) is 2.90. The molecule has 3 aromatic rings. The van der Waals surface area contributed by atoms with E-state index in [0.29, 0.717) is 36.1 Å². The molecular weight excluding hydrogens is 454 g/mol. The number of piperidine rings is 1. The van der Waals surface area contributed by atoms with Gasteiger partial charge in [0.25, 0.3) is 0 Å². The number of rotatable bonds is 8. The fourth-order valence-corrected chi connectivity index (χ4v) is 4.46. The van der Waals surface area contributed by atoms with Gasteiger partial charge in [-0.1, -0.05) is 42.2 Å². The number of hydrogen-bond acceptors (Lipinski definition) is 6. The normalized spacial score (nSPS) is 15.5. The number of nitrogens with zero attached hydrogens (tertiary/aromatic N) is 2. The number of nitrogens with one attached hydrogen (secondary N) is 1. The summed E-state index contributed by atoms with van der Waals surface area (Å²) in [5.41, 5.74) is 3.06. The number of benzene rings is 2. The Morgan fingerprint density at radius 3 is 2.69 bits per heavy atom. The first kappa shape index (κ1) is 25.4. The lowest BCUT2D eigenvalue weighted by Gasteiger charge is -2.33. The van der Waals surface area contributed by atoms with Gasteiger partial charge in [-0.3, -0.25) is 0 Å². The van der Waals surface area contributed by atoms with Crippen molar-refractivity contribution in [2.75, 3.05) is 33.3 Å². The summed E-state index contributed by atoms with van der Waals surface area (Å²) in [5, 5.41) is 24.4. The second-order valence-corrected chi connectivity index (χ2v) is 8.80. The monoisotopic (exact) mass is 485 g/mol. The topological polar surface area (TPSA) is 94.9 Å². The minimum Gasteiger partial charge on any atom is -0.481 e. The second-order valence-electron chi connectivity index (χ2n) is 8.80. The van der Waals surface area contributed by atoms with E-state index in [4.69, 9.17) is 9.84 Å². The molecule has 2 aromatic carbocycles. The van der Waals surface area contributed by atoms with Crippen LogP contribution in [0.2, 0.25) is 0 Å². The average molecular weight is 486 g/mol. The molecule has 2 heterocycles. The van der Waals surface area contributed by atoms with Crippen LogP contribution in [0.5, 0.6) is 5.88 Å². The summed E-state index contributed by atoms with van der Waals surface area (Å²) in [6.07, 6.45) is 3.89. The number of carboxylic acids is 1. The third kappa shape index (κ3) is 6.70. The van der Waals surface area contributed by atoms with Crippen LogP contribution in [0.3, 0.4) is 0 Å². The second kappa shape index (κ2) is 12.3. The quantitative estimate of drug-likeness (QED) is 0.332. The number of aromatic nitrogens is 1. The van der Waals surface area contributed by atoms with E-state index in [1.54, 1.807) is 13.2 Å². The van der Waals surface area contributed by atoms with E-state index in [1.165, 1.54) is 6.08 Å². The molecule has 3 N–H and O–H groups in total. The zero-order chi connectivity index (χ0) is 25.3. The predicted octanol–water partition coefficient (Wildman–Crippen LogP) is 3.48. The maximum atomic E-state index is 11.1. The van der Waals surface area contributed by atoms with Crippen LogP contribution in [0, 0.1) is 11.8 Å². The lowest BCUT2D eigenvalue weighted by molar-refractivity contribution is -0.131. The lowest BCUT2D eigenvalue weighted by atomic mass is 9.98. The number of fused-ring (bicyclic) bond motifs is 1. The fraction of sp³-hybridized carbons (Fsp3) is 0.310. The van der Waals surface area contributed by atoms with E-state index in [1.807, 2.05) is 48.5 Å². The van der Waals surface area contributed by atoms with Gasteiger partial charge in [-0.15, -0.1) is 0 Å². The van der Waals surface area contributed by atoms with Crippen molar-refractivity contribution < 1.29 is 19.7 Å². The Hall–Kier alpha value is -3.70. The zero-order valence-corrected chi connectivity index (χ0v) is 20.4. The molecule has 1 unspecified atom stereocenters. The van der Waals surface area contributed by atoms with Crippen molar-refractivity contribution in [3.8, 4) is 17.7 Å². The summed E-state index contributed by atoms with van der Waals surface area (Å²) in [7, 11) is 1.55. The van der Waals surface area contributed by atoms with E-state index < -0.39 is 12.1 Å². The molecule has 4 rings (SSSR count). The van der Waals surface area contributed by atoms with Crippen molar-refractivity contribution in [3.63, 3.8) is 0 Å². The number of aliphatic hydroxyl groups is 1.